The molecule has 7 nitrogen and oxygen atoms in total. The zero-order valence-electron chi connectivity index (χ0n) is 16.7. The van der Waals surface area contributed by atoms with E-state index in [0.717, 1.165) is 10.6 Å². The van der Waals surface area contributed by atoms with Gasteiger partial charge in [-0.2, -0.15) is 0 Å². The minimum absolute atomic E-state index is 0.146. The Labute approximate surface area is 188 Å². The average molecular weight is 458 g/mol. The van der Waals surface area contributed by atoms with E-state index < -0.39 is 11.9 Å². The number of carbonyl (C=O) groups excluding carboxylic acids is 3. The number of amides is 2. The highest BCUT2D eigenvalue weighted by Crippen LogP contribution is 2.18. The van der Waals surface area contributed by atoms with Crippen LogP contribution in [0.3, 0.4) is 0 Å². The number of carbonyl (C=O) groups is 3. The Morgan fingerprint density at radius 1 is 1.13 bits per heavy atom. The summed E-state index contributed by atoms with van der Waals surface area (Å²) in [5.41, 5.74) is 2.68. The molecular formula is C22H20ClN3O4S. The van der Waals surface area contributed by atoms with Gasteiger partial charge in [0.15, 0.2) is 0 Å². The Kier molecular flexibility index (Phi) is 7.75. The number of thiazole rings is 1. The first kappa shape index (κ1) is 22.5. The maximum absolute atomic E-state index is 12.3. The SMILES string of the molecule is COC(=O)CNC(=O)c1ccc(NC(=O)Cc2csc(Cc3cccc(Cl)c3)n2)cc1. The van der Waals surface area contributed by atoms with Crippen molar-refractivity contribution in [3.05, 3.63) is 80.8 Å². The zero-order valence-corrected chi connectivity index (χ0v) is 18.3. The van der Waals surface area contributed by atoms with Gasteiger partial charge in [-0.25, -0.2) is 4.98 Å². The fourth-order valence-electron chi connectivity index (χ4n) is 2.73. The van der Waals surface area contributed by atoms with E-state index >= 15 is 0 Å². The summed E-state index contributed by atoms with van der Waals surface area (Å²) < 4.78 is 4.47. The number of rotatable bonds is 8. The lowest BCUT2D eigenvalue weighted by Crippen LogP contribution is -2.30. The predicted octanol–water partition coefficient (Wildman–Crippen LogP) is 3.47. The molecule has 0 aliphatic heterocycles. The molecule has 0 bridgehead atoms. The molecule has 1 aromatic heterocycles. The molecule has 2 aromatic carbocycles. The number of nitrogens with zero attached hydrogens (tertiary/aromatic N) is 1. The zero-order chi connectivity index (χ0) is 22.2. The molecule has 3 aromatic rings. The van der Waals surface area contributed by atoms with E-state index in [2.05, 4.69) is 20.4 Å². The molecule has 3 rings (SSSR count). The fourth-order valence-corrected chi connectivity index (χ4v) is 3.78. The average Bonchev–Trinajstić information content (AvgIpc) is 3.18. The predicted molar refractivity (Wildman–Crippen MR) is 119 cm³/mol. The molecule has 9 heteroatoms. The summed E-state index contributed by atoms with van der Waals surface area (Å²) in [5, 5.41) is 8.69. The molecule has 1 heterocycles. The summed E-state index contributed by atoms with van der Waals surface area (Å²) in [7, 11) is 1.25. The number of hydrogen-bond acceptors (Lipinski definition) is 6. The number of methoxy groups -OCH3 is 1. The topological polar surface area (TPSA) is 97.4 Å². The van der Waals surface area contributed by atoms with E-state index in [0.29, 0.717) is 28.4 Å². The molecule has 0 saturated heterocycles. The van der Waals surface area contributed by atoms with Gasteiger partial charge in [0.2, 0.25) is 5.91 Å². The minimum atomic E-state index is -0.532. The molecule has 31 heavy (non-hydrogen) atoms. The number of anilines is 1. The fraction of sp³-hybridized carbons (Fsp3) is 0.182. The molecule has 160 valence electrons. The lowest BCUT2D eigenvalue weighted by atomic mass is 10.1. The highest BCUT2D eigenvalue weighted by Gasteiger charge is 2.11. The first-order valence-electron chi connectivity index (χ1n) is 9.35. The van der Waals surface area contributed by atoms with Crippen molar-refractivity contribution in [3.8, 4) is 0 Å². The summed E-state index contributed by atoms with van der Waals surface area (Å²) in [6.07, 6.45) is 0.805. The Balaban J connectivity index is 1.51. The van der Waals surface area contributed by atoms with E-state index in [1.165, 1.54) is 18.4 Å². The number of halogens is 1. The van der Waals surface area contributed by atoms with Crippen LogP contribution in [0.15, 0.2) is 53.9 Å². The van der Waals surface area contributed by atoms with Gasteiger partial charge in [0.05, 0.1) is 24.2 Å². The van der Waals surface area contributed by atoms with Crippen LogP contribution < -0.4 is 10.6 Å². The number of nitrogens with one attached hydrogen (secondary N) is 2. The monoisotopic (exact) mass is 457 g/mol. The van der Waals surface area contributed by atoms with Crippen molar-refractivity contribution in [1.29, 1.82) is 0 Å². The second kappa shape index (κ2) is 10.7. The molecule has 2 amide bonds. The van der Waals surface area contributed by atoms with Gasteiger partial charge in [0.25, 0.3) is 5.91 Å². The van der Waals surface area contributed by atoms with Gasteiger partial charge in [0.1, 0.15) is 6.54 Å². The summed E-state index contributed by atoms with van der Waals surface area (Å²) in [4.78, 5) is 39.9. The van der Waals surface area contributed by atoms with Gasteiger partial charge in [-0.1, -0.05) is 23.7 Å². The van der Waals surface area contributed by atoms with Crippen molar-refractivity contribution in [2.24, 2.45) is 0 Å². The van der Waals surface area contributed by atoms with Gasteiger partial charge in [0, 0.05) is 28.1 Å². The van der Waals surface area contributed by atoms with Gasteiger partial charge < -0.3 is 15.4 Å². The van der Waals surface area contributed by atoms with Crippen molar-refractivity contribution < 1.29 is 19.1 Å². The third-order valence-corrected chi connectivity index (χ3v) is 5.37. The van der Waals surface area contributed by atoms with E-state index in [1.54, 1.807) is 24.3 Å². The summed E-state index contributed by atoms with van der Waals surface area (Å²) in [6.45, 7) is -0.208. The van der Waals surface area contributed by atoms with E-state index in [1.807, 2.05) is 29.6 Å². The van der Waals surface area contributed by atoms with E-state index in [9.17, 15) is 14.4 Å². The molecule has 0 spiro atoms. The lowest BCUT2D eigenvalue weighted by molar-refractivity contribution is -0.139. The molecule has 0 saturated carbocycles. The largest absolute Gasteiger partial charge is 0.468 e. The van der Waals surface area contributed by atoms with Crippen LogP contribution in [0.25, 0.3) is 0 Å². The third kappa shape index (κ3) is 6.91. The second-order valence-electron chi connectivity index (χ2n) is 6.60. The van der Waals surface area contributed by atoms with Crippen LogP contribution in [-0.4, -0.2) is 36.4 Å². The molecule has 0 atom stereocenters. The highest BCUT2D eigenvalue weighted by atomic mass is 35.5. The first-order valence-corrected chi connectivity index (χ1v) is 10.6. The smallest absolute Gasteiger partial charge is 0.325 e. The van der Waals surface area contributed by atoms with Crippen LogP contribution in [-0.2, 0) is 27.2 Å². The van der Waals surface area contributed by atoms with Crippen molar-refractivity contribution in [3.63, 3.8) is 0 Å². The second-order valence-corrected chi connectivity index (χ2v) is 7.98. The Bertz CT molecular complexity index is 1080. The summed E-state index contributed by atoms with van der Waals surface area (Å²) >= 11 is 7.51. The van der Waals surface area contributed by atoms with Gasteiger partial charge >= 0.3 is 5.97 Å². The molecule has 2 N–H and O–H groups in total. The Morgan fingerprint density at radius 3 is 2.61 bits per heavy atom. The van der Waals surface area contributed by atoms with Gasteiger partial charge in [-0.05, 0) is 42.0 Å². The Hall–Kier alpha value is -3.23. The number of ether oxygens (including phenoxy) is 1. The number of aromatic nitrogens is 1. The first-order chi connectivity index (χ1) is 14.9. The van der Waals surface area contributed by atoms with Gasteiger partial charge in [-0.15, -0.1) is 11.3 Å². The molecule has 0 radical (unpaired) electrons. The quantitative estimate of drug-likeness (QED) is 0.505. The number of benzene rings is 2. The van der Waals surface area contributed by atoms with Crippen molar-refractivity contribution in [2.75, 3.05) is 19.0 Å². The molecule has 0 aliphatic rings. The Morgan fingerprint density at radius 2 is 1.90 bits per heavy atom. The summed E-state index contributed by atoms with van der Waals surface area (Å²) in [5.74, 6) is -1.14. The van der Waals surface area contributed by atoms with Crippen LogP contribution in [0.2, 0.25) is 5.02 Å². The highest BCUT2D eigenvalue weighted by molar-refractivity contribution is 7.09. The van der Waals surface area contributed by atoms with E-state index in [-0.39, 0.29) is 18.9 Å². The number of esters is 1. The van der Waals surface area contributed by atoms with Crippen molar-refractivity contribution in [2.45, 2.75) is 12.8 Å². The molecular weight excluding hydrogens is 438 g/mol. The van der Waals surface area contributed by atoms with Crippen LogP contribution in [0.1, 0.15) is 26.6 Å². The van der Waals surface area contributed by atoms with E-state index in [4.69, 9.17) is 11.6 Å². The maximum atomic E-state index is 12.3. The minimum Gasteiger partial charge on any atom is -0.468 e. The van der Waals surface area contributed by atoms with Crippen LogP contribution >= 0.6 is 22.9 Å². The third-order valence-electron chi connectivity index (χ3n) is 4.24. The van der Waals surface area contributed by atoms with Crippen LogP contribution in [0.4, 0.5) is 5.69 Å². The lowest BCUT2D eigenvalue weighted by Gasteiger charge is -2.07. The van der Waals surface area contributed by atoms with Gasteiger partial charge in [-0.3, -0.25) is 14.4 Å². The van der Waals surface area contributed by atoms with Crippen molar-refractivity contribution >= 4 is 46.4 Å². The summed E-state index contributed by atoms with van der Waals surface area (Å²) in [6, 6.07) is 14.0. The standard InChI is InChI=1S/C22H20ClN3O4S/c1-30-21(28)12-24-22(29)15-5-7-17(8-6-15)25-19(27)11-18-13-31-20(26-18)10-14-3-2-4-16(23)9-14/h2-9,13H,10-12H2,1H3,(H,24,29)(H,25,27). The maximum Gasteiger partial charge on any atom is 0.325 e. The van der Waals surface area contributed by atoms with Crippen LogP contribution in [0.5, 0.6) is 0 Å². The van der Waals surface area contributed by atoms with Crippen molar-refractivity contribution in [1.82, 2.24) is 10.3 Å². The molecule has 0 fully saturated rings. The molecule has 0 unspecified atom stereocenters. The molecule has 0 aliphatic carbocycles. The van der Waals surface area contributed by atoms with Crippen LogP contribution in [0, 0.1) is 0 Å². The normalized spacial score (nSPS) is 10.4. The number of hydrogen-bond donors (Lipinski definition) is 2.